The fourth-order valence-corrected chi connectivity index (χ4v) is 1.07. The summed E-state index contributed by atoms with van der Waals surface area (Å²) < 4.78 is 24.1. The Hall–Kier alpha value is -0.260. The molecule has 2 atom stereocenters. The minimum Gasteiger partial charge on any atom is -0.395 e. The number of rotatable bonds is 6. The first-order chi connectivity index (χ1) is 5.99. The highest BCUT2D eigenvalue weighted by Gasteiger charge is 2.20. The molecule has 3 nitrogen and oxygen atoms in total. The lowest BCUT2D eigenvalue weighted by Crippen LogP contribution is -2.44. The van der Waals surface area contributed by atoms with Crippen molar-refractivity contribution in [1.82, 2.24) is 4.90 Å². The van der Waals surface area contributed by atoms with Crippen LogP contribution in [-0.4, -0.2) is 53.4 Å². The second kappa shape index (κ2) is 6.23. The number of halogens is 2. The van der Waals surface area contributed by atoms with Gasteiger partial charge in [0, 0.05) is 12.6 Å². The van der Waals surface area contributed by atoms with Crippen molar-refractivity contribution in [3.8, 4) is 0 Å². The molecule has 13 heavy (non-hydrogen) atoms. The van der Waals surface area contributed by atoms with Crippen molar-refractivity contribution in [3.05, 3.63) is 0 Å². The highest BCUT2D eigenvalue weighted by atomic mass is 19.3. The lowest BCUT2D eigenvalue weighted by Gasteiger charge is -2.29. The van der Waals surface area contributed by atoms with E-state index in [1.165, 1.54) is 4.90 Å². The molecule has 0 aliphatic rings. The first kappa shape index (κ1) is 12.7. The van der Waals surface area contributed by atoms with Crippen molar-refractivity contribution in [3.63, 3.8) is 0 Å². The first-order valence-electron chi connectivity index (χ1n) is 4.30. The zero-order chi connectivity index (χ0) is 10.4. The van der Waals surface area contributed by atoms with Crippen molar-refractivity contribution in [2.75, 3.05) is 19.7 Å². The number of nitrogens with zero attached hydrogens (tertiary/aromatic N) is 1. The van der Waals surface area contributed by atoms with Crippen molar-refractivity contribution in [1.29, 1.82) is 0 Å². The molecule has 0 fully saturated rings. The van der Waals surface area contributed by atoms with Gasteiger partial charge in [-0.15, -0.1) is 0 Å². The lowest BCUT2D eigenvalue weighted by atomic mass is 10.2. The molecular weight excluding hydrogens is 180 g/mol. The molecule has 0 rings (SSSR count). The van der Waals surface area contributed by atoms with E-state index in [2.05, 4.69) is 0 Å². The van der Waals surface area contributed by atoms with Crippen LogP contribution in [0.25, 0.3) is 0 Å². The third kappa shape index (κ3) is 5.13. The Morgan fingerprint density at radius 3 is 2.15 bits per heavy atom. The molecule has 0 amide bonds. The highest BCUT2D eigenvalue weighted by molar-refractivity contribution is 4.72. The van der Waals surface area contributed by atoms with Gasteiger partial charge >= 0.3 is 0 Å². The predicted octanol–water partition coefficient (Wildman–Crippen LogP) is 0.315. The predicted molar refractivity (Wildman–Crippen MR) is 45.8 cm³/mol. The van der Waals surface area contributed by atoms with Gasteiger partial charge in [-0.3, -0.25) is 4.90 Å². The van der Waals surface area contributed by atoms with Gasteiger partial charge in [0.1, 0.15) is 0 Å². The molecule has 2 N–H and O–H groups in total. The van der Waals surface area contributed by atoms with Gasteiger partial charge < -0.3 is 10.2 Å². The molecule has 0 radical (unpaired) electrons. The maximum absolute atomic E-state index is 12.0. The van der Waals surface area contributed by atoms with E-state index in [0.29, 0.717) is 0 Å². The van der Waals surface area contributed by atoms with Crippen molar-refractivity contribution >= 4 is 0 Å². The summed E-state index contributed by atoms with van der Waals surface area (Å²) in [5, 5.41) is 17.8. The summed E-state index contributed by atoms with van der Waals surface area (Å²) in [6.45, 7) is 2.77. The summed E-state index contributed by atoms with van der Waals surface area (Å²) >= 11 is 0. The second-order valence-electron chi connectivity index (χ2n) is 3.09. The summed E-state index contributed by atoms with van der Waals surface area (Å²) in [5.74, 6) is 0. The molecule has 0 aliphatic carbocycles. The summed E-state index contributed by atoms with van der Waals surface area (Å²) in [4.78, 5) is 1.37. The Balaban J connectivity index is 4.06. The largest absolute Gasteiger partial charge is 0.395 e. The third-order valence-corrected chi connectivity index (χ3v) is 2.03. The SMILES string of the molecule is CC(O)C(C)N(CCO)CC(F)F. The number of hydrogen-bond donors (Lipinski definition) is 2. The van der Waals surface area contributed by atoms with Gasteiger partial charge in [0.05, 0.1) is 19.3 Å². The Labute approximate surface area is 77.0 Å². The molecule has 2 unspecified atom stereocenters. The van der Waals surface area contributed by atoms with E-state index in [4.69, 9.17) is 10.2 Å². The van der Waals surface area contributed by atoms with E-state index >= 15 is 0 Å². The summed E-state index contributed by atoms with van der Waals surface area (Å²) in [5.41, 5.74) is 0. The fourth-order valence-electron chi connectivity index (χ4n) is 1.07. The Morgan fingerprint density at radius 1 is 1.31 bits per heavy atom. The monoisotopic (exact) mass is 197 g/mol. The van der Waals surface area contributed by atoms with Crippen molar-refractivity contribution in [2.24, 2.45) is 0 Å². The topological polar surface area (TPSA) is 43.7 Å². The summed E-state index contributed by atoms with van der Waals surface area (Å²) in [6.07, 6.45) is -3.11. The van der Waals surface area contributed by atoms with E-state index in [-0.39, 0.29) is 19.2 Å². The molecule has 0 spiro atoms. The molecule has 0 aromatic carbocycles. The molecule has 0 aromatic rings. The fraction of sp³-hybridized carbons (Fsp3) is 1.00. The van der Waals surface area contributed by atoms with Gasteiger partial charge in [0.2, 0.25) is 0 Å². The summed E-state index contributed by atoms with van der Waals surface area (Å²) in [6, 6.07) is -0.360. The van der Waals surface area contributed by atoms with Crippen LogP contribution in [0.4, 0.5) is 8.78 Å². The highest BCUT2D eigenvalue weighted by Crippen LogP contribution is 2.06. The van der Waals surface area contributed by atoms with Gasteiger partial charge in [0.15, 0.2) is 0 Å². The van der Waals surface area contributed by atoms with Gasteiger partial charge in [0.25, 0.3) is 6.43 Å². The molecule has 0 saturated heterocycles. The minimum absolute atomic E-state index is 0.163. The van der Waals surface area contributed by atoms with Crippen LogP contribution >= 0.6 is 0 Å². The molecule has 0 heterocycles. The molecule has 80 valence electrons. The van der Waals surface area contributed by atoms with Crippen LogP contribution in [0.15, 0.2) is 0 Å². The lowest BCUT2D eigenvalue weighted by molar-refractivity contribution is 0.0162. The van der Waals surface area contributed by atoms with Crippen LogP contribution in [0.2, 0.25) is 0 Å². The van der Waals surface area contributed by atoms with Crippen LogP contribution in [0.3, 0.4) is 0 Å². The van der Waals surface area contributed by atoms with Gasteiger partial charge in [-0.1, -0.05) is 0 Å². The van der Waals surface area contributed by atoms with Gasteiger partial charge in [-0.25, -0.2) is 8.78 Å². The standard InChI is InChI=1S/C8H17F2NO2/c1-6(7(2)13)11(3-4-12)5-8(9)10/h6-8,12-13H,3-5H2,1-2H3. The maximum Gasteiger partial charge on any atom is 0.251 e. The van der Waals surface area contributed by atoms with E-state index in [9.17, 15) is 8.78 Å². The third-order valence-electron chi connectivity index (χ3n) is 2.03. The van der Waals surface area contributed by atoms with Crippen LogP contribution in [-0.2, 0) is 0 Å². The van der Waals surface area contributed by atoms with Crippen LogP contribution in [0.5, 0.6) is 0 Å². The number of aliphatic hydroxyl groups excluding tert-OH is 2. The zero-order valence-electron chi connectivity index (χ0n) is 7.95. The zero-order valence-corrected chi connectivity index (χ0v) is 7.95. The Kier molecular flexibility index (Phi) is 6.11. The van der Waals surface area contributed by atoms with E-state index in [1.807, 2.05) is 0 Å². The van der Waals surface area contributed by atoms with Gasteiger partial charge in [-0.05, 0) is 13.8 Å². The average Bonchev–Trinajstić information content (AvgIpc) is 2.01. The molecular formula is C8H17F2NO2. The van der Waals surface area contributed by atoms with Crippen molar-refractivity contribution < 1.29 is 19.0 Å². The van der Waals surface area contributed by atoms with E-state index < -0.39 is 19.1 Å². The van der Waals surface area contributed by atoms with Crippen LogP contribution in [0.1, 0.15) is 13.8 Å². The van der Waals surface area contributed by atoms with Crippen LogP contribution < -0.4 is 0 Å². The Morgan fingerprint density at radius 2 is 1.85 bits per heavy atom. The molecule has 0 bridgehead atoms. The molecule has 0 saturated carbocycles. The maximum atomic E-state index is 12.0. The second-order valence-corrected chi connectivity index (χ2v) is 3.09. The summed E-state index contributed by atoms with van der Waals surface area (Å²) in [7, 11) is 0. The minimum atomic E-state index is -2.44. The van der Waals surface area contributed by atoms with Gasteiger partial charge in [-0.2, -0.15) is 0 Å². The van der Waals surface area contributed by atoms with E-state index in [1.54, 1.807) is 13.8 Å². The normalized spacial score (nSPS) is 16.6. The van der Waals surface area contributed by atoms with E-state index in [0.717, 1.165) is 0 Å². The smallest absolute Gasteiger partial charge is 0.251 e. The Bertz CT molecular complexity index is 133. The number of hydrogen-bond acceptors (Lipinski definition) is 3. The molecule has 0 aromatic heterocycles. The van der Waals surface area contributed by atoms with Crippen LogP contribution in [0, 0.1) is 0 Å². The number of alkyl halides is 2. The van der Waals surface area contributed by atoms with Crippen molar-refractivity contribution in [2.45, 2.75) is 32.4 Å². The molecule has 0 aliphatic heterocycles. The quantitative estimate of drug-likeness (QED) is 0.644. The number of aliphatic hydroxyl groups is 2. The molecule has 5 heteroatoms. The average molecular weight is 197 g/mol. The first-order valence-corrected chi connectivity index (χ1v) is 4.30.